The zero-order valence-corrected chi connectivity index (χ0v) is 11.0. The van der Waals surface area contributed by atoms with Gasteiger partial charge in [-0.05, 0) is 26.8 Å². The zero-order chi connectivity index (χ0) is 13.5. The summed E-state index contributed by atoms with van der Waals surface area (Å²) in [4.78, 5) is 21.8. The summed E-state index contributed by atoms with van der Waals surface area (Å²) in [5, 5.41) is 3.03. The minimum Gasteiger partial charge on any atom is -0.358 e. The summed E-state index contributed by atoms with van der Waals surface area (Å²) in [6.45, 7) is 7.10. The van der Waals surface area contributed by atoms with Crippen molar-refractivity contribution in [3.63, 3.8) is 0 Å². The first-order chi connectivity index (χ1) is 8.62. The van der Waals surface area contributed by atoms with Crippen molar-refractivity contribution < 1.29 is 4.79 Å². The number of likely N-dealkylation sites (N-methyl/N-ethyl adjacent to an activating group) is 1. The quantitative estimate of drug-likeness (QED) is 0.502. The van der Waals surface area contributed by atoms with Crippen molar-refractivity contribution in [1.82, 2.24) is 14.9 Å². The number of hydrazine groups is 1. The Kier molecular flexibility index (Phi) is 5.31. The molecule has 0 aliphatic rings. The molecular formula is C11H20N6O. The van der Waals surface area contributed by atoms with Gasteiger partial charge in [-0.2, -0.15) is 4.98 Å². The lowest BCUT2D eigenvalue weighted by Crippen LogP contribution is -2.41. The SMILES string of the molecule is CCN(CC)C(=O)C(C)Nc1ccnc(NN)n1. The van der Waals surface area contributed by atoms with Crippen LogP contribution in [-0.4, -0.2) is 39.9 Å². The van der Waals surface area contributed by atoms with Crippen molar-refractivity contribution in [3.8, 4) is 0 Å². The lowest BCUT2D eigenvalue weighted by molar-refractivity contribution is -0.131. The number of carbonyl (C=O) groups excluding carboxylic acids is 1. The van der Waals surface area contributed by atoms with Crippen LogP contribution >= 0.6 is 0 Å². The van der Waals surface area contributed by atoms with Crippen LogP contribution in [0.25, 0.3) is 0 Å². The third-order valence-electron chi connectivity index (χ3n) is 2.59. The lowest BCUT2D eigenvalue weighted by Gasteiger charge is -2.23. The van der Waals surface area contributed by atoms with E-state index in [-0.39, 0.29) is 11.9 Å². The van der Waals surface area contributed by atoms with E-state index in [9.17, 15) is 4.79 Å². The molecular weight excluding hydrogens is 232 g/mol. The van der Waals surface area contributed by atoms with Crippen LogP contribution in [0.2, 0.25) is 0 Å². The molecule has 1 amide bonds. The molecule has 7 heteroatoms. The van der Waals surface area contributed by atoms with Crippen molar-refractivity contribution in [2.24, 2.45) is 5.84 Å². The normalized spacial score (nSPS) is 11.8. The summed E-state index contributed by atoms with van der Waals surface area (Å²) in [6.07, 6.45) is 1.57. The number of anilines is 2. The first-order valence-corrected chi connectivity index (χ1v) is 5.97. The molecule has 1 heterocycles. The molecule has 7 nitrogen and oxygen atoms in total. The molecule has 0 saturated carbocycles. The van der Waals surface area contributed by atoms with Crippen LogP contribution < -0.4 is 16.6 Å². The van der Waals surface area contributed by atoms with E-state index in [1.807, 2.05) is 13.8 Å². The van der Waals surface area contributed by atoms with Crippen LogP contribution in [0.5, 0.6) is 0 Å². The molecule has 0 fully saturated rings. The average Bonchev–Trinajstić information content (AvgIpc) is 2.40. The molecule has 0 aliphatic heterocycles. The summed E-state index contributed by atoms with van der Waals surface area (Å²) in [7, 11) is 0. The van der Waals surface area contributed by atoms with Gasteiger partial charge in [0, 0.05) is 19.3 Å². The fourth-order valence-corrected chi connectivity index (χ4v) is 1.60. The van der Waals surface area contributed by atoms with Gasteiger partial charge in [-0.15, -0.1) is 0 Å². The fraction of sp³-hybridized carbons (Fsp3) is 0.545. The maximum Gasteiger partial charge on any atom is 0.244 e. The van der Waals surface area contributed by atoms with Crippen LogP contribution in [0, 0.1) is 0 Å². The number of carbonyl (C=O) groups is 1. The molecule has 1 aromatic heterocycles. The second-order valence-corrected chi connectivity index (χ2v) is 3.79. The van der Waals surface area contributed by atoms with Crippen LogP contribution in [0.4, 0.5) is 11.8 Å². The maximum atomic E-state index is 12.0. The average molecular weight is 252 g/mol. The number of nitrogens with two attached hydrogens (primary N) is 1. The molecule has 4 N–H and O–H groups in total. The highest BCUT2D eigenvalue weighted by Gasteiger charge is 2.18. The standard InChI is InChI=1S/C11H20N6O/c1-4-17(5-2)10(18)8(3)14-9-6-7-13-11(15-9)16-12/h6-8H,4-5,12H2,1-3H3,(H2,13,14,15,16). The number of amides is 1. The lowest BCUT2D eigenvalue weighted by atomic mass is 10.3. The molecule has 18 heavy (non-hydrogen) atoms. The second-order valence-electron chi connectivity index (χ2n) is 3.79. The van der Waals surface area contributed by atoms with Gasteiger partial charge in [-0.25, -0.2) is 10.8 Å². The van der Waals surface area contributed by atoms with Gasteiger partial charge < -0.3 is 10.2 Å². The molecule has 0 aromatic carbocycles. The Morgan fingerprint density at radius 3 is 2.72 bits per heavy atom. The molecule has 1 rings (SSSR count). The largest absolute Gasteiger partial charge is 0.358 e. The van der Waals surface area contributed by atoms with Gasteiger partial charge in [0.05, 0.1) is 0 Å². The number of nitrogen functional groups attached to an aromatic ring is 1. The van der Waals surface area contributed by atoms with E-state index in [2.05, 4.69) is 20.7 Å². The molecule has 0 spiro atoms. The number of aromatic nitrogens is 2. The summed E-state index contributed by atoms with van der Waals surface area (Å²) >= 11 is 0. The van der Waals surface area contributed by atoms with Crippen molar-refractivity contribution in [1.29, 1.82) is 0 Å². The minimum absolute atomic E-state index is 0.0425. The van der Waals surface area contributed by atoms with Crippen molar-refractivity contribution in [3.05, 3.63) is 12.3 Å². The van der Waals surface area contributed by atoms with Gasteiger partial charge in [0.15, 0.2) is 0 Å². The van der Waals surface area contributed by atoms with Crippen LogP contribution in [0.1, 0.15) is 20.8 Å². The van der Waals surface area contributed by atoms with Crippen LogP contribution in [0.15, 0.2) is 12.3 Å². The molecule has 100 valence electrons. The van der Waals surface area contributed by atoms with Gasteiger partial charge in [0.25, 0.3) is 0 Å². The Balaban J connectivity index is 2.68. The summed E-state index contributed by atoms with van der Waals surface area (Å²) in [6, 6.07) is 1.35. The first kappa shape index (κ1) is 14.2. The molecule has 0 radical (unpaired) electrons. The number of hydrogen-bond acceptors (Lipinski definition) is 6. The van der Waals surface area contributed by atoms with Gasteiger partial charge in [-0.1, -0.05) is 0 Å². The van der Waals surface area contributed by atoms with E-state index in [0.717, 1.165) is 0 Å². The van der Waals surface area contributed by atoms with Crippen LogP contribution in [-0.2, 0) is 4.79 Å². The number of nitrogens with zero attached hydrogens (tertiary/aromatic N) is 3. The highest BCUT2D eigenvalue weighted by molar-refractivity contribution is 5.84. The Morgan fingerprint density at radius 2 is 2.17 bits per heavy atom. The Morgan fingerprint density at radius 1 is 1.50 bits per heavy atom. The third kappa shape index (κ3) is 3.56. The van der Waals surface area contributed by atoms with Crippen molar-refractivity contribution in [2.75, 3.05) is 23.8 Å². The van der Waals surface area contributed by atoms with Crippen molar-refractivity contribution >= 4 is 17.7 Å². The molecule has 1 atom stereocenters. The molecule has 0 saturated heterocycles. The van der Waals surface area contributed by atoms with E-state index in [1.165, 1.54) is 0 Å². The number of hydrogen-bond donors (Lipinski definition) is 3. The number of rotatable bonds is 6. The van der Waals surface area contributed by atoms with Crippen molar-refractivity contribution in [2.45, 2.75) is 26.8 Å². The van der Waals surface area contributed by atoms with E-state index in [1.54, 1.807) is 24.1 Å². The van der Waals surface area contributed by atoms with Gasteiger partial charge >= 0.3 is 0 Å². The van der Waals surface area contributed by atoms with Gasteiger partial charge in [0.1, 0.15) is 11.9 Å². The fourth-order valence-electron chi connectivity index (χ4n) is 1.60. The summed E-state index contributed by atoms with van der Waals surface area (Å²) in [5.41, 5.74) is 2.36. The monoisotopic (exact) mass is 252 g/mol. The maximum absolute atomic E-state index is 12.0. The zero-order valence-electron chi connectivity index (χ0n) is 11.0. The molecule has 1 aromatic rings. The number of nitrogens with one attached hydrogen (secondary N) is 2. The summed E-state index contributed by atoms with van der Waals surface area (Å²) < 4.78 is 0. The molecule has 0 bridgehead atoms. The van der Waals surface area contributed by atoms with E-state index < -0.39 is 0 Å². The second kappa shape index (κ2) is 6.75. The van der Waals surface area contributed by atoms with E-state index >= 15 is 0 Å². The Labute approximate surface area is 107 Å². The predicted molar refractivity (Wildman–Crippen MR) is 70.9 cm³/mol. The van der Waals surface area contributed by atoms with E-state index in [4.69, 9.17) is 5.84 Å². The molecule has 0 aliphatic carbocycles. The van der Waals surface area contributed by atoms with Gasteiger partial charge in [0.2, 0.25) is 11.9 Å². The summed E-state index contributed by atoms with van der Waals surface area (Å²) in [5.74, 6) is 6.13. The Hall–Kier alpha value is -1.89. The highest BCUT2D eigenvalue weighted by Crippen LogP contribution is 2.07. The Bertz CT molecular complexity index is 393. The minimum atomic E-state index is -0.342. The first-order valence-electron chi connectivity index (χ1n) is 5.97. The predicted octanol–water partition coefficient (Wildman–Crippen LogP) is 0.431. The topological polar surface area (TPSA) is 96.2 Å². The van der Waals surface area contributed by atoms with E-state index in [0.29, 0.717) is 24.9 Å². The third-order valence-corrected chi connectivity index (χ3v) is 2.59. The smallest absolute Gasteiger partial charge is 0.244 e. The van der Waals surface area contributed by atoms with Crippen LogP contribution in [0.3, 0.4) is 0 Å². The van der Waals surface area contributed by atoms with Gasteiger partial charge in [-0.3, -0.25) is 10.2 Å². The molecule has 1 unspecified atom stereocenters. The highest BCUT2D eigenvalue weighted by atomic mass is 16.2.